The maximum absolute atomic E-state index is 12.9. The maximum atomic E-state index is 12.9. The van der Waals surface area contributed by atoms with E-state index in [0.29, 0.717) is 19.0 Å². The zero-order valence-electron chi connectivity index (χ0n) is 13.8. The van der Waals surface area contributed by atoms with Gasteiger partial charge in [-0.3, -0.25) is 4.98 Å². The van der Waals surface area contributed by atoms with Gasteiger partial charge in [0.1, 0.15) is 4.90 Å². The van der Waals surface area contributed by atoms with Gasteiger partial charge >= 0.3 is 0 Å². The minimum Gasteiger partial charge on any atom is -0.381 e. The van der Waals surface area contributed by atoms with Crippen molar-refractivity contribution in [3.05, 3.63) is 24.5 Å². The van der Waals surface area contributed by atoms with Gasteiger partial charge in [0.15, 0.2) is 0 Å². The van der Waals surface area contributed by atoms with Gasteiger partial charge in [-0.2, -0.15) is 4.31 Å². The summed E-state index contributed by atoms with van der Waals surface area (Å²) in [6, 6.07) is 3.29. The van der Waals surface area contributed by atoms with Crippen molar-refractivity contribution in [3.63, 3.8) is 0 Å². The molecule has 1 unspecified atom stereocenters. The van der Waals surface area contributed by atoms with E-state index in [1.54, 1.807) is 22.6 Å². The summed E-state index contributed by atoms with van der Waals surface area (Å²) in [5.41, 5.74) is 0.0395. The molecule has 0 radical (unpaired) electrons. The number of nitrogens with zero attached hydrogens (tertiary/aromatic N) is 3. The molecule has 7 heteroatoms. The van der Waals surface area contributed by atoms with Gasteiger partial charge in [0.05, 0.1) is 0 Å². The topological polar surface area (TPSA) is 62.7 Å². The van der Waals surface area contributed by atoms with Crippen LogP contribution in [0.5, 0.6) is 0 Å². The van der Waals surface area contributed by atoms with Crippen LogP contribution in [0.1, 0.15) is 12.8 Å². The summed E-state index contributed by atoms with van der Waals surface area (Å²) in [5, 5.41) is 0. The fourth-order valence-electron chi connectivity index (χ4n) is 3.85. The normalized spacial score (nSPS) is 25.3. The van der Waals surface area contributed by atoms with Gasteiger partial charge in [-0.25, -0.2) is 8.42 Å². The Morgan fingerprint density at radius 1 is 1.39 bits per heavy atom. The number of aromatic nitrogens is 1. The van der Waals surface area contributed by atoms with Crippen molar-refractivity contribution in [1.29, 1.82) is 0 Å². The maximum Gasteiger partial charge on any atom is 0.244 e. The van der Waals surface area contributed by atoms with Crippen LogP contribution in [0.2, 0.25) is 0 Å². The lowest BCUT2D eigenvalue weighted by Crippen LogP contribution is -2.40. The molecule has 0 aromatic carbocycles. The number of pyridine rings is 1. The third kappa shape index (κ3) is 3.28. The Morgan fingerprint density at radius 2 is 2.13 bits per heavy atom. The zero-order chi connectivity index (χ0) is 16.5. The fourth-order valence-corrected chi connectivity index (χ4v) is 5.40. The smallest absolute Gasteiger partial charge is 0.244 e. The number of hydrogen-bond acceptors (Lipinski definition) is 5. The van der Waals surface area contributed by atoms with Gasteiger partial charge in [-0.05, 0) is 50.4 Å². The zero-order valence-corrected chi connectivity index (χ0v) is 14.6. The first-order chi connectivity index (χ1) is 10.9. The van der Waals surface area contributed by atoms with E-state index in [1.807, 2.05) is 14.1 Å². The summed E-state index contributed by atoms with van der Waals surface area (Å²) in [5.74, 6) is 0.341. The second-order valence-electron chi connectivity index (χ2n) is 6.92. The molecule has 0 N–H and O–H groups in total. The number of rotatable bonds is 4. The molecule has 2 aliphatic heterocycles. The van der Waals surface area contributed by atoms with E-state index < -0.39 is 10.0 Å². The van der Waals surface area contributed by atoms with Gasteiger partial charge in [-0.1, -0.05) is 0 Å². The first-order valence-electron chi connectivity index (χ1n) is 8.07. The Balaban J connectivity index is 1.88. The summed E-state index contributed by atoms with van der Waals surface area (Å²) in [4.78, 5) is 6.40. The van der Waals surface area contributed by atoms with E-state index >= 15 is 0 Å². The Labute approximate surface area is 138 Å². The van der Waals surface area contributed by atoms with Crippen LogP contribution in [-0.2, 0) is 14.8 Å². The quantitative estimate of drug-likeness (QED) is 0.821. The van der Waals surface area contributed by atoms with Crippen LogP contribution in [0, 0.1) is 11.3 Å². The second kappa shape index (κ2) is 6.47. The summed E-state index contributed by atoms with van der Waals surface area (Å²) >= 11 is 0. The standard InChI is InChI=1S/C16H25N3O3S/c1-18(2)11-14-12-19(13-16(14)5-8-22-9-6-16)23(20,21)15-4-3-7-17-10-15/h3-4,7,10,14H,5-6,8-9,11-13H2,1-2H3. The van der Waals surface area contributed by atoms with E-state index in [2.05, 4.69) is 9.88 Å². The van der Waals surface area contributed by atoms with Crippen LogP contribution < -0.4 is 0 Å². The number of sulfonamides is 1. The highest BCUT2D eigenvalue weighted by Crippen LogP contribution is 2.45. The van der Waals surface area contributed by atoms with Crippen molar-refractivity contribution in [3.8, 4) is 0 Å². The third-order valence-corrected chi connectivity index (χ3v) is 6.92. The molecule has 2 saturated heterocycles. The lowest BCUT2D eigenvalue weighted by atomic mass is 9.72. The van der Waals surface area contributed by atoms with E-state index in [1.165, 1.54) is 6.20 Å². The summed E-state index contributed by atoms with van der Waals surface area (Å²) in [6.07, 6.45) is 4.90. The molecule has 1 aromatic rings. The molecule has 2 aliphatic rings. The highest BCUT2D eigenvalue weighted by molar-refractivity contribution is 7.89. The van der Waals surface area contributed by atoms with E-state index in [0.717, 1.165) is 32.6 Å². The Hall–Kier alpha value is -1.02. The number of hydrogen-bond donors (Lipinski definition) is 0. The van der Waals surface area contributed by atoms with Crippen molar-refractivity contribution in [2.75, 3.05) is 46.9 Å². The highest BCUT2D eigenvalue weighted by atomic mass is 32.2. The minimum atomic E-state index is -3.47. The SMILES string of the molecule is CN(C)CC1CN(S(=O)(=O)c2cccnc2)CC12CCOCC2. The first kappa shape index (κ1) is 16.8. The van der Waals surface area contributed by atoms with Gasteiger partial charge in [0.25, 0.3) is 0 Å². The van der Waals surface area contributed by atoms with Crippen LogP contribution in [0.3, 0.4) is 0 Å². The Kier molecular flexibility index (Phi) is 4.73. The Bertz CT molecular complexity index is 627. The fraction of sp³-hybridized carbons (Fsp3) is 0.688. The molecule has 1 atom stereocenters. The summed E-state index contributed by atoms with van der Waals surface area (Å²) < 4.78 is 33.0. The molecular weight excluding hydrogens is 314 g/mol. The highest BCUT2D eigenvalue weighted by Gasteiger charge is 2.50. The van der Waals surface area contributed by atoms with Crippen molar-refractivity contribution in [1.82, 2.24) is 14.2 Å². The first-order valence-corrected chi connectivity index (χ1v) is 9.51. The van der Waals surface area contributed by atoms with Crippen LogP contribution in [0.4, 0.5) is 0 Å². The second-order valence-corrected chi connectivity index (χ2v) is 8.86. The largest absolute Gasteiger partial charge is 0.381 e. The minimum absolute atomic E-state index is 0.0395. The molecule has 3 rings (SSSR count). The van der Waals surface area contributed by atoms with E-state index in [9.17, 15) is 8.42 Å². The predicted molar refractivity (Wildman–Crippen MR) is 87.5 cm³/mol. The molecule has 0 bridgehead atoms. The summed E-state index contributed by atoms with van der Waals surface area (Å²) in [7, 11) is 0.623. The molecule has 6 nitrogen and oxygen atoms in total. The van der Waals surface area contributed by atoms with E-state index in [4.69, 9.17) is 4.74 Å². The van der Waals surface area contributed by atoms with Gasteiger partial charge in [-0.15, -0.1) is 0 Å². The average molecular weight is 339 g/mol. The molecule has 0 saturated carbocycles. The molecule has 23 heavy (non-hydrogen) atoms. The predicted octanol–water partition coefficient (Wildman–Crippen LogP) is 1.06. The lowest BCUT2D eigenvalue weighted by molar-refractivity contribution is -0.00333. The van der Waals surface area contributed by atoms with E-state index in [-0.39, 0.29) is 10.3 Å². The summed E-state index contributed by atoms with van der Waals surface area (Å²) in [6.45, 7) is 3.52. The van der Waals surface area contributed by atoms with Crippen LogP contribution in [-0.4, -0.2) is 69.6 Å². The van der Waals surface area contributed by atoms with Crippen LogP contribution in [0.25, 0.3) is 0 Å². The molecule has 2 fully saturated rings. The number of ether oxygens (including phenoxy) is 1. The van der Waals surface area contributed by atoms with Crippen molar-refractivity contribution >= 4 is 10.0 Å². The van der Waals surface area contributed by atoms with Crippen LogP contribution in [0.15, 0.2) is 29.4 Å². The Morgan fingerprint density at radius 3 is 2.74 bits per heavy atom. The molecule has 128 valence electrons. The van der Waals surface area contributed by atoms with Gasteiger partial charge in [0, 0.05) is 45.2 Å². The molecule has 1 aromatic heterocycles. The average Bonchev–Trinajstić information content (AvgIpc) is 2.87. The van der Waals surface area contributed by atoms with Gasteiger partial charge in [0.2, 0.25) is 10.0 Å². The molecule has 3 heterocycles. The van der Waals surface area contributed by atoms with Crippen molar-refractivity contribution < 1.29 is 13.2 Å². The molecule has 0 amide bonds. The third-order valence-electron chi connectivity index (χ3n) is 5.13. The lowest BCUT2D eigenvalue weighted by Gasteiger charge is -2.39. The monoisotopic (exact) mass is 339 g/mol. The molecule has 0 aliphatic carbocycles. The molecule has 1 spiro atoms. The van der Waals surface area contributed by atoms with Gasteiger partial charge < -0.3 is 9.64 Å². The van der Waals surface area contributed by atoms with Crippen molar-refractivity contribution in [2.45, 2.75) is 17.7 Å². The van der Waals surface area contributed by atoms with Crippen LogP contribution >= 0.6 is 0 Å². The molecular formula is C16H25N3O3S. The van der Waals surface area contributed by atoms with Crippen molar-refractivity contribution in [2.24, 2.45) is 11.3 Å².